The molecule has 0 unspecified atom stereocenters. The first-order chi connectivity index (χ1) is 8.02. The lowest BCUT2D eigenvalue weighted by atomic mass is 10.1. The average Bonchev–Trinajstić information content (AvgIpc) is 2.28. The highest BCUT2D eigenvalue weighted by Crippen LogP contribution is 2.25. The molecule has 5 nitrogen and oxygen atoms in total. The molecule has 1 aromatic heterocycles. The fraction of sp³-hybridized carbons (Fsp3) is 0.636. The van der Waals surface area contributed by atoms with Gasteiger partial charge in [0.1, 0.15) is 0 Å². The van der Waals surface area contributed by atoms with Crippen molar-refractivity contribution in [3.8, 4) is 5.88 Å². The van der Waals surface area contributed by atoms with Gasteiger partial charge >= 0.3 is 0 Å². The molecule has 1 fully saturated rings. The maximum Gasteiger partial charge on any atom is 0.232 e. The monoisotopic (exact) mass is 301 g/mol. The van der Waals surface area contributed by atoms with Gasteiger partial charge in [-0.1, -0.05) is 0 Å². The molecule has 94 valence electrons. The summed E-state index contributed by atoms with van der Waals surface area (Å²) in [7, 11) is 1.60. The molecule has 0 amide bonds. The quantitative estimate of drug-likeness (QED) is 0.834. The second-order valence-electron chi connectivity index (χ2n) is 4.56. The van der Waals surface area contributed by atoms with Crippen LogP contribution >= 0.6 is 15.9 Å². The van der Waals surface area contributed by atoms with Crippen molar-refractivity contribution < 1.29 is 9.47 Å². The van der Waals surface area contributed by atoms with E-state index in [-0.39, 0.29) is 5.60 Å². The molecule has 0 aromatic carbocycles. The first kappa shape index (κ1) is 12.6. The van der Waals surface area contributed by atoms with Crippen molar-refractivity contribution in [1.29, 1.82) is 0 Å². The molecular weight excluding hydrogens is 286 g/mol. The van der Waals surface area contributed by atoms with Crippen LogP contribution in [0.15, 0.2) is 10.7 Å². The van der Waals surface area contributed by atoms with Crippen LogP contribution in [0.25, 0.3) is 0 Å². The van der Waals surface area contributed by atoms with Crippen molar-refractivity contribution in [1.82, 2.24) is 9.97 Å². The first-order valence-electron chi connectivity index (χ1n) is 5.47. The second kappa shape index (κ2) is 4.78. The van der Waals surface area contributed by atoms with Crippen LogP contribution in [0.4, 0.5) is 5.95 Å². The van der Waals surface area contributed by atoms with Crippen molar-refractivity contribution in [2.45, 2.75) is 19.4 Å². The summed E-state index contributed by atoms with van der Waals surface area (Å²) in [5, 5.41) is 0. The van der Waals surface area contributed by atoms with Crippen molar-refractivity contribution in [2.24, 2.45) is 0 Å². The Bertz CT molecular complexity index is 412. The summed E-state index contributed by atoms with van der Waals surface area (Å²) in [6.45, 7) is 6.39. The molecule has 2 rings (SSSR count). The minimum atomic E-state index is -0.165. The first-order valence-corrected chi connectivity index (χ1v) is 6.26. The summed E-state index contributed by atoms with van der Waals surface area (Å²) < 4.78 is 11.6. The van der Waals surface area contributed by atoms with Crippen LogP contribution in [0.2, 0.25) is 0 Å². The zero-order valence-corrected chi connectivity index (χ0v) is 11.8. The number of ether oxygens (including phenoxy) is 2. The van der Waals surface area contributed by atoms with Gasteiger partial charge in [0.05, 0.1) is 30.0 Å². The fourth-order valence-corrected chi connectivity index (χ4v) is 2.18. The Labute approximate surface area is 109 Å². The van der Waals surface area contributed by atoms with E-state index >= 15 is 0 Å². The summed E-state index contributed by atoms with van der Waals surface area (Å²) in [5.74, 6) is 1.24. The van der Waals surface area contributed by atoms with E-state index in [1.165, 1.54) is 0 Å². The van der Waals surface area contributed by atoms with Gasteiger partial charge in [-0.2, -0.15) is 4.98 Å². The molecule has 0 radical (unpaired) electrons. The number of halogens is 1. The summed E-state index contributed by atoms with van der Waals surface area (Å²) in [6.07, 6.45) is 1.71. The Morgan fingerprint density at radius 2 is 2.29 bits per heavy atom. The van der Waals surface area contributed by atoms with Crippen molar-refractivity contribution in [2.75, 3.05) is 31.7 Å². The molecule has 0 bridgehead atoms. The molecule has 1 aromatic rings. The number of hydrogen-bond acceptors (Lipinski definition) is 5. The average molecular weight is 302 g/mol. The van der Waals surface area contributed by atoms with Gasteiger partial charge in [0, 0.05) is 13.1 Å². The maximum absolute atomic E-state index is 5.66. The molecule has 1 aliphatic heterocycles. The largest absolute Gasteiger partial charge is 0.480 e. The summed E-state index contributed by atoms with van der Waals surface area (Å²) in [6, 6.07) is 0. The third kappa shape index (κ3) is 2.87. The van der Waals surface area contributed by atoms with Gasteiger partial charge in [0.2, 0.25) is 11.8 Å². The minimum Gasteiger partial charge on any atom is -0.480 e. The molecule has 0 saturated carbocycles. The van der Waals surface area contributed by atoms with Gasteiger partial charge in [0.15, 0.2) is 0 Å². The topological polar surface area (TPSA) is 47.5 Å². The third-order valence-electron chi connectivity index (χ3n) is 2.60. The third-order valence-corrected chi connectivity index (χ3v) is 3.14. The molecule has 0 spiro atoms. The standard InChI is InChI=1S/C11H16BrN3O2/c1-11(2)7-15(4-5-17-11)10-13-6-8(12)9(14-10)16-3/h6H,4-5,7H2,1-3H3. The van der Waals surface area contributed by atoms with Crippen LogP contribution < -0.4 is 9.64 Å². The number of methoxy groups -OCH3 is 1. The Kier molecular flexibility index (Phi) is 3.53. The maximum atomic E-state index is 5.66. The predicted octanol–water partition coefficient (Wildman–Crippen LogP) is 1.86. The highest BCUT2D eigenvalue weighted by molar-refractivity contribution is 9.10. The number of hydrogen-bond donors (Lipinski definition) is 0. The normalized spacial score (nSPS) is 19.2. The predicted molar refractivity (Wildman–Crippen MR) is 68.5 cm³/mol. The molecular formula is C11H16BrN3O2. The minimum absolute atomic E-state index is 0.165. The molecule has 17 heavy (non-hydrogen) atoms. The lowest BCUT2D eigenvalue weighted by Crippen LogP contribution is -2.49. The Morgan fingerprint density at radius 1 is 1.53 bits per heavy atom. The van der Waals surface area contributed by atoms with E-state index in [0.717, 1.165) is 17.6 Å². The van der Waals surface area contributed by atoms with E-state index in [2.05, 4.69) is 44.6 Å². The fourth-order valence-electron chi connectivity index (χ4n) is 1.83. The van der Waals surface area contributed by atoms with Gasteiger partial charge in [-0.15, -0.1) is 0 Å². The van der Waals surface area contributed by atoms with E-state index < -0.39 is 0 Å². The summed E-state index contributed by atoms with van der Waals surface area (Å²) in [5.41, 5.74) is -0.165. The zero-order valence-electron chi connectivity index (χ0n) is 10.2. The van der Waals surface area contributed by atoms with Crippen molar-refractivity contribution in [3.05, 3.63) is 10.7 Å². The van der Waals surface area contributed by atoms with Crippen molar-refractivity contribution in [3.63, 3.8) is 0 Å². The molecule has 2 heterocycles. The lowest BCUT2D eigenvalue weighted by molar-refractivity contribution is -0.0281. The van der Waals surface area contributed by atoms with Crippen molar-refractivity contribution >= 4 is 21.9 Å². The van der Waals surface area contributed by atoms with Crippen LogP contribution in [0.3, 0.4) is 0 Å². The van der Waals surface area contributed by atoms with Crippen LogP contribution in [0.5, 0.6) is 5.88 Å². The Morgan fingerprint density at radius 3 is 2.94 bits per heavy atom. The van der Waals surface area contributed by atoms with E-state index in [0.29, 0.717) is 18.4 Å². The summed E-state index contributed by atoms with van der Waals surface area (Å²) in [4.78, 5) is 10.8. The van der Waals surface area contributed by atoms with Gasteiger partial charge in [-0.3, -0.25) is 0 Å². The van der Waals surface area contributed by atoms with Gasteiger partial charge in [-0.25, -0.2) is 4.98 Å². The van der Waals surface area contributed by atoms with Gasteiger partial charge in [0.25, 0.3) is 0 Å². The van der Waals surface area contributed by atoms with Crippen LogP contribution in [0, 0.1) is 0 Å². The molecule has 6 heteroatoms. The molecule has 0 atom stereocenters. The smallest absolute Gasteiger partial charge is 0.232 e. The molecule has 0 aliphatic carbocycles. The van der Waals surface area contributed by atoms with E-state index in [1.54, 1.807) is 13.3 Å². The number of rotatable bonds is 2. The SMILES string of the molecule is COc1nc(N2CCOC(C)(C)C2)ncc1Br. The Balaban J connectivity index is 2.22. The Hall–Kier alpha value is -0.880. The van der Waals surface area contributed by atoms with Crippen LogP contribution in [-0.4, -0.2) is 42.4 Å². The zero-order chi connectivity index (χ0) is 12.5. The molecule has 1 saturated heterocycles. The van der Waals surface area contributed by atoms with Crippen LogP contribution in [-0.2, 0) is 4.74 Å². The number of morpholine rings is 1. The lowest BCUT2D eigenvalue weighted by Gasteiger charge is -2.38. The van der Waals surface area contributed by atoms with E-state index in [9.17, 15) is 0 Å². The number of anilines is 1. The van der Waals surface area contributed by atoms with Gasteiger partial charge in [-0.05, 0) is 29.8 Å². The second-order valence-corrected chi connectivity index (χ2v) is 5.41. The van der Waals surface area contributed by atoms with Gasteiger partial charge < -0.3 is 14.4 Å². The molecule has 1 aliphatic rings. The highest BCUT2D eigenvalue weighted by Gasteiger charge is 2.28. The van der Waals surface area contributed by atoms with E-state index in [1.807, 2.05) is 0 Å². The van der Waals surface area contributed by atoms with Crippen LogP contribution in [0.1, 0.15) is 13.8 Å². The number of aromatic nitrogens is 2. The summed E-state index contributed by atoms with van der Waals surface area (Å²) >= 11 is 3.34. The molecule has 0 N–H and O–H groups in total. The number of nitrogens with zero attached hydrogens (tertiary/aromatic N) is 3. The highest BCUT2D eigenvalue weighted by atomic mass is 79.9. The van der Waals surface area contributed by atoms with E-state index in [4.69, 9.17) is 9.47 Å².